The van der Waals surface area contributed by atoms with Crippen LogP contribution in [0, 0.1) is 0 Å². The molecule has 0 aliphatic heterocycles. The Morgan fingerprint density at radius 2 is 1.43 bits per heavy atom. The van der Waals surface area contributed by atoms with Gasteiger partial charge in [-0.2, -0.15) is 5.11 Å². The molecule has 0 radical (unpaired) electrons. The van der Waals surface area contributed by atoms with Crippen molar-refractivity contribution in [3.63, 3.8) is 0 Å². The summed E-state index contributed by atoms with van der Waals surface area (Å²) in [6.07, 6.45) is 0. The van der Waals surface area contributed by atoms with E-state index in [1.54, 1.807) is 49.6 Å². The molecule has 4 aromatic carbocycles. The highest BCUT2D eigenvalue weighted by molar-refractivity contribution is 5.95. The quantitative estimate of drug-likeness (QED) is 0.139. The van der Waals surface area contributed by atoms with Crippen LogP contribution in [0.2, 0.25) is 0 Å². The molecular formula is C25H20N8O2. The summed E-state index contributed by atoms with van der Waals surface area (Å²) < 4.78 is 11.4. The summed E-state index contributed by atoms with van der Waals surface area (Å²) in [4.78, 5) is 5.58. The summed E-state index contributed by atoms with van der Waals surface area (Å²) in [6.45, 7) is 0.321. The number of hydrogen-bond acceptors (Lipinski definition) is 6. The molecule has 0 heterocycles. The highest BCUT2D eigenvalue weighted by atomic mass is 16.5. The van der Waals surface area contributed by atoms with E-state index in [0.29, 0.717) is 28.6 Å². The van der Waals surface area contributed by atoms with Crippen molar-refractivity contribution in [2.45, 2.75) is 13.1 Å². The first-order chi connectivity index (χ1) is 17.2. The standard InChI is InChI=1S/C25H20N8O2/c1-34-24-11-6-19-4-2-3-5-23(19)25(24)31-30-20-7-9-21(10-8-20)35-22-13-17(15-28-32-26)12-18(14-22)16-29-33-27/h2-14H,15-16H2,1H3. The fourth-order valence-corrected chi connectivity index (χ4v) is 3.52. The number of ether oxygens (including phenoxy) is 2. The first-order valence-corrected chi connectivity index (χ1v) is 10.6. The van der Waals surface area contributed by atoms with Gasteiger partial charge in [0.05, 0.1) is 25.9 Å². The lowest BCUT2D eigenvalue weighted by Crippen LogP contribution is -1.91. The summed E-state index contributed by atoms with van der Waals surface area (Å²) >= 11 is 0. The first-order valence-electron chi connectivity index (χ1n) is 10.6. The van der Waals surface area contributed by atoms with Crippen molar-refractivity contribution in [2.75, 3.05) is 7.11 Å². The van der Waals surface area contributed by atoms with E-state index in [-0.39, 0.29) is 13.1 Å². The molecule has 0 saturated heterocycles. The van der Waals surface area contributed by atoms with E-state index in [9.17, 15) is 0 Å². The number of azide groups is 2. The second kappa shape index (κ2) is 11.2. The van der Waals surface area contributed by atoms with Gasteiger partial charge >= 0.3 is 0 Å². The molecular weight excluding hydrogens is 444 g/mol. The Morgan fingerprint density at radius 1 is 0.743 bits per heavy atom. The average Bonchev–Trinajstić information content (AvgIpc) is 2.90. The van der Waals surface area contributed by atoms with Gasteiger partial charge in [0, 0.05) is 15.2 Å². The minimum atomic E-state index is 0.161. The van der Waals surface area contributed by atoms with Crippen molar-refractivity contribution in [2.24, 2.45) is 20.5 Å². The minimum absolute atomic E-state index is 0.161. The van der Waals surface area contributed by atoms with Crippen LogP contribution in [0.3, 0.4) is 0 Å². The minimum Gasteiger partial charge on any atom is -0.494 e. The van der Waals surface area contributed by atoms with Crippen LogP contribution in [-0.2, 0) is 13.1 Å². The van der Waals surface area contributed by atoms with Gasteiger partial charge < -0.3 is 9.47 Å². The van der Waals surface area contributed by atoms with Gasteiger partial charge in [-0.3, -0.25) is 0 Å². The molecule has 0 unspecified atom stereocenters. The van der Waals surface area contributed by atoms with E-state index >= 15 is 0 Å². The Bertz CT molecular complexity index is 1430. The SMILES string of the molecule is COc1ccc2ccccc2c1N=Nc1ccc(Oc2cc(CN=[N+]=[N-])cc(CN=[N+]=[N-])c2)cc1. The monoisotopic (exact) mass is 464 g/mol. The molecule has 0 spiro atoms. The van der Waals surface area contributed by atoms with E-state index in [4.69, 9.17) is 20.5 Å². The Labute approximate surface area is 200 Å². The maximum absolute atomic E-state index is 8.60. The molecule has 4 aromatic rings. The highest BCUT2D eigenvalue weighted by Gasteiger charge is 2.08. The molecule has 0 aliphatic rings. The number of benzene rings is 4. The van der Waals surface area contributed by atoms with Gasteiger partial charge in [-0.1, -0.05) is 46.6 Å². The highest BCUT2D eigenvalue weighted by Crippen LogP contribution is 2.37. The molecule has 0 N–H and O–H groups in total. The smallest absolute Gasteiger partial charge is 0.147 e. The Kier molecular flexibility index (Phi) is 7.40. The van der Waals surface area contributed by atoms with Crippen LogP contribution in [-0.4, -0.2) is 7.11 Å². The molecule has 0 aliphatic carbocycles. The van der Waals surface area contributed by atoms with E-state index in [2.05, 4.69) is 30.3 Å². The fraction of sp³-hybridized carbons (Fsp3) is 0.120. The maximum Gasteiger partial charge on any atom is 0.147 e. The van der Waals surface area contributed by atoms with Crippen LogP contribution in [0.15, 0.2) is 99.3 Å². The summed E-state index contributed by atoms with van der Waals surface area (Å²) in [5, 5.41) is 18.0. The second-order valence-corrected chi connectivity index (χ2v) is 7.40. The average molecular weight is 464 g/mol. The molecule has 10 heteroatoms. The lowest BCUT2D eigenvalue weighted by Gasteiger charge is -2.10. The van der Waals surface area contributed by atoms with Crippen LogP contribution in [0.25, 0.3) is 31.7 Å². The third-order valence-corrected chi connectivity index (χ3v) is 5.08. The van der Waals surface area contributed by atoms with Crippen LogP contribution >= 0.6 is 0 Å². The Hall–Kier alpha value is -5.04. The lowest BCUT2D eigenvalue weighted by atomic mass is 10.1. The molecule has 0 aromatic heterocycles. The van der Waals surface area contributed by atoms with Crippen LogP contribution in [0.1, 0.15) is 11.1 Å². The van der Waals surface area contributed by atoms with Gasteiger partial charge in [-0.15, -0.1) is 5.11 Å². The number of nitrogens with zero attached hydrogens (tertiary/aromatic N) is 8. The van der Waals surface area contributed by atoms with Crippen LogP contribution in [0.4, 0.5) is 11.4 Å². The number of hydrogen-bond donors (Lipinski definition) is 0. The number of azo groups is 1. The zero-order chi connectivity index (χ0) is 24.5. The van der Waals surface area contributed by atoms with Crippen LogP contribution < -0.4 is 9.47 Å². The summed E-state index contributed by atoms with van der Waals surface area (Å²) in [5.74, 6) is 1.76. The van der Waals surface area contributed by atoms with Gasteiger partial charge in [0.1, 0.15) is 22.9 Å². The number of rotatable bonds is 9. The van der Waals surface area contributed by atoms with E-state index in [0.717, 1.165) is 21.9 Å². The topological polar surface area (TPSA) is 141 Å². The summed E-state index contributed by atoms with van der Waals surface area (Å²) in [6, 6.07) is 24.3. The molecule has 0 bridgehead atoms. The van der Waals surface area contributed by atoms with Crippen molar-refractivity contribution in [1.29, 1.82) is 0 Å². The zero-order valence-electron chi connectivity index (χ0n) is 18.8. The predicted octanol–water partition coefficient (Wildman–Crippen LogP) is 8.68. The zero-order valence-corrected chi connectivity index (χ0v) is 18.8. The van der Waals surface area contributed by atoms with E-state index in [1.807, 2.05) is 36.4 Å². The van der Waals surface area contributed by atoms with E-state index in [1.165, 1.54) is 0 Å². The maximum atomic E-state index is 8.60. The number of fused-ring (bicyclic) bond motifs is 1. The number of methoxy groups -OCH3 is 1. The van der Waals surface area contributed by atoms with Crippen LogP contribution in [0.5, 0.6) is 17.2 Å². The first kappa shape index (κ1) is 23.1. The Morgan fingerprint density at radius 3 is 2.09 bits per heavy atom. The molecule has 0 amide bonds. The van der Waals surface area contributed by atoms with Crippen molar-refractivity contribution >= 4 is 22.1 Å². The lowest BCUT2D eigenvalue weighted by molar-refractivity contribution is 0.416. The van der Waals surface area contributed by atoms with Crippen molar-refractivity contribution in [3.8, 4) is 17.2 Å². The van der Waals surface area contributed by atoms with Gasteiger partial charge in [0.15, 0.2) is 0 Å². The summed E-state index contributed by atoms with van der Waals surface area (Å²) in [7, 11) is 1.61. The molecule has 172 valence electrons. The largest absolute Gasteiger partial charge is 0.494 e. The molecule has 10 nitrogen and oxygen atoms in total. The third kappa shape index (κ3) is 5.85. The van der Waals surface area contributed by atoms with Gasteiger partial charge in [0.25, 0.3) is 0 Å². The molecule has 0 saturated carbocycles. The summed E-state index contributed by atoms with van der Waals surface area (Å²) in [5.41, 5.74) is 20.0. The normalized spacial score (nSPS) is 10.5. The van der Waals surface area contributed by atoms with E-state index < -0.39 is 0 Å². The Balaban J connectivity index is 1.55. The van der Waals surface area contributed by atoms with Gasteiger partial charge in [-0.05, 0) is 70.0 Å². The fourth-order valence-electron chi connectivity index (χ4n) is 3.52. The third-order valence-electron chi connectivity index (χ3n) is 5.08. The van der Waals surface area contributed by atoms with Crippen molar-refractivity contribution < 1.29 is 9.47 Å². The molecule has 0 atom stereocenters. The van der Waals surface area contributed by atoms with Gasteiger partial charge in [0.2, 0.25) is 0 Å². The predicted molar refractivity (Wildman–Crippen MR) is 133 cm³/mol. The van der Waals surface area contributed by atoms with Gasteiger partial charge in [-0.25, -0.2) is 0 Å². The van der Waals surface area contributed by atoms with Crippen molar-refractivity contribution in [1.82, 2.24) is 0 Å². The van der Waals surface area contributed by atoms with Crippen molar-refractivity contribution in [3.05, 3.63) is 111 Å². The molecule has 0 fully saturated rings. The second-order valence-electron chi connectivity index (χ2n) is 7.40. The molecule has 35 heavy (non-hydrogen) atoms. The molecule has 4 rings (SSSR count).